The van der Waals surface area contributed by atoms with Crippen molar-refractivity contribution in [1.29, 1.82) is 0 Å². The Kier molecular flexibility index (Phi) is 5.76. The van der Waals surface area contributed by atoms with Crippen LogP contribution >= 0.6 is 15.9 Å². The lowest BCUT2D eigenvalue weighted by Crippen LogP contribution is -2.23. The number of methoxy groups -OCH3 is 1. The number of benzene rings is 2. The van der Waals surface area contributed by atoms with Gasteiger partial charge in [0.1, 0.15) is 11.6 Å². The molecule has 0 bridgehead atoms. The van der Waals surface area contributed by atoms with Gasteiger partial charge in [-0.2, -0.15) is 0 Å². The molecule has 0 fully saturated rings. The second kappa shape index (κ2) is 7.57. The zero-order valence-electron chi connectivity index (χ0n) is 12.2. The third-order valence-corrected chi connectivity index (χ3v) is 4.01. The minimum Gasteiger partial charge on any atom is -0.497 e. The molecule has 0 aliphatic rings. The van der Waals surface area contributed by atoms with E-state index in [0.717, 1.165) is 34.3 Å². The quantitative estimate of drug-likeness (QED) is 0.815. The predicted octanol–water partition coefficient (Wildman–Crippen LogP) is 4.69. The molecule has 2 nitrogen and oxygen atoms in total. The molecule has 2 aromatic carbocycles. The van der Waals surface area contributed by atoms with Gasteiger partial charge in [0, 0.05) is 4.47 Å². The van der Waals surface area contributed by atoms with Crippen LogP contribution in [0.25, 0.3) is 0 Å². The second-order valence-electron chi connectivity index (χ2n) is 4.83. The van der Waals surface area contributed by atoms with E-state index in [0.29, 0.717) is 0 Å². The molecule has 0 saturated heterocycles. The molecule has 2 aromatic rings. The van der Waals surface area contributed by atoms with Crippen molar-refractivity contribution in [2.24, 2.45) is 0 Å². The first-order chi connectivity index (χ1) is 10.2. The molecular weight excluding hydrogens is 333 g/mol. The zero-order chi connectivity index (χ0) is 15.2. The minimum absolute atomic E-state index is 0.0193. The Morgan fingerprint density at radius 3 is 2.48 bits per heavy atom. The van der Waals surface area contributed by atoms with Gasteiger partial charge in [0.15, 0.2) is 0 Å². The fourth-order valence-electron chi connectivity index (χ4n) is 2.22. The second-order valence-corrected chi connectivity index (χ2v) is 5.68. The fraction of sp³-hybridized carbons (Fsp3) is 0.294. The topological polar surface area (TPSA) is 21.3 Å². The molecule has 0 saturated carbocycles. The van der Waals surface area contributed by atoms with Crippen molar-refractivity contribution in [3.8, 4) is 5.75 Å². The number of rotatable bonds is 6. The van der Waals surface area contributed by atoms with Crippen molar-refractivity contribution in [2.75, 3.05) is 13.7 Å². The first kappa shape index (κ1) is 16.0. The van der Waals surface area contributed by atoms with E-state index >= 15 is 0 Å². The highest BCUT2D eigenvalue weighted by atomic mass is 79.9. The molecule has 4 heteroatoms. The highest BCUT2D eigenvalue weighted by molar-refractivity contribution is 9.10. The van der Waals surface area contributed by atoms with Crippen molar-refractivity contribution >= 4 is 15.9 Å². The summed E-state index contributed by atoms with van der Waals surface area (Å²) in [5.74, 6) is 0.584. The van der Waals surface area contributed by atoms with Gasteiger partial charge < -0.3 is 10.1 Å². The fourth-order valence-corrected chi connectivity index (χ4v) is 2.81. The summed E-state index contributed by atoms with van der Waals surface area (Å²) in [6, 6.07) is 12.5. The summed E-state index contributed by atoms with van der Waals surface area (Å²) < 4.78 is 19.3. The largest absolute Gasteiger partial charge is 0.497 e. The van der Waals surface area contributed by atoms with E-state index in [2.05, 4.69) is 28.2 Å². The molecule has 0 amide bonds. The van der Waals surface area contributed by atoms with Gasteiger partial charge in [-0.25, -0.2) is 4.39 Å². The normalized spacial score (nSPS) is 12.2. The Balaban J connectivity index is 2.37. The Bertz CT molecular complexity index is 586. The van der Waals surface area contributed by atoms with E-state index in [4.69, 9.17) is 4.74 Å². The van der Waals surface area contributed by atoms with Gasteiger partial charge in [0.2, 0.25) is 0 Å². The van der Waals surface area contributed by atoms with E-state index in [1.54, 1.807) is 7.11 Å². The monoisotopic (exact) mass is 351 g/mol. The molecule has 2 rings (SSSR count). The van der Waals surface area contributed by atoms with E-state index in [-0.39, 0.29) is 11.9 Å². The van der Waals surface area contributed by atoms with Gasteiger partial charge in [-0.05, 0) is 48.4 Å². The number of ether oxygens (including phenoxy) is 1. The van der Waals surface area contributed by atoms with Gasteiger partial charge >= 0.3 is 0 Å². The Morgan fingerprint density at radius 2 is 1.90 bits per heavy atom. The molecule has 0 aromatic heterocycles. The highest BCUT2D eigenvalue weighted by Gasteiger charge is 2.16. The SMILES string of the molecule is CCCNC(c1ccc(F)cc1)c1ccc(OC)cc1Br. The van der Waals surface area contributed by atoms with Crippen LogP contribution in [0.1, 0.15) is 30.5 Å². The van der Waals surface area contributed by atoms with Gasteiger partial charge in [-0.3, -0.25) is 0 Å². The molecule has 1 N–H and O–H groups in total. The van der Waals surface area contributed by atoms with E-state index < -0.39 is 0 Å². The summed E-state index contributed by atoms with van der Waals surface area (Å²) in [6.07, 6.45) is 1.03. The molecule has 1 atom stereocenters. The summed E-state index contributed by atoms with van der Waals surface area (Å²) >= 11 is 3.60. The molecule has 0 spiro atoms. The average molecular weight is 352 g/mol. The van der Waals surface area contributed by atoms with Crippen LogP contribution in [-0.2, 0) is 0 Å². The first-order valence-corrected chi connectivity index (χ1v) is 7.77. The Labute approximate surface area is 133 Å². The molecular formula is C17H19BrFNO. The molecule has 0 aliphatic carbocycles. The lowest BCUT2D eigenvalue weighted by atomic mass is 9.98. The van der Waals surface area contributed by atoms with Crippen LogP contribution in [-0.4, -0.2) is 13.7 Å². The van der Waals surface area contributed by atoms with Crippen molar-refractivity contribution in [3.63, 3.8) is 0 Å². The van der Waals surface area contributed by atoms with Gasteiger partial charge in [0.05, 0.1) is 13.2 Å². The average Bonchev–Trinajstić information content (AvgIpc) is 2.50. The summed E-state index contributed by atoms with van der Waals surface area (Å²) in [5, 5.41) is 3.51. The van der Waals surface area contributed by atoms with Crippen LogP contribution in [0.3, 0.4) is 0 Å². The summed E-state index contributed by atoms with van der Waals surface area (Å²) in [7, 11) is 1.65. The number of nitrogens with one attached hydrogen (secondary N) is 1. The zero-order valence-corrected chi connectivity index (χ0v) is 13.8. The Morgan fingerprint density at radius 1 is 1.19 bits per heavy atom. The minimum atomic E-state index is -0.221. The van der Waals surface area contributed by atoms with E-state index in [9.17, 15) is 4.39 Å². The van der Waals surface area contributed by atoms with Crippen molar-refractivity contribution in [1.82, 2.24) is 5.32 Å². The van der Waals surface area contributed by atoms with Gasteiger partial charge in [0.25, 0.3) is 0 Å². The molecule has 21 heavy (non-hydrogen) atoms. The van der Waals surface area contributed by atoms with Crippen molar-refractivity contribution in [2.45, 2.75) is 19.4 Å². The van der Waals surface area contributed by atoms with Crippen molar-refractivity contribution in [3.05, 3.63) is 63.9 Å². The van der Waals surface area contributed by atoms with Gasteiger partial charge in [-0.1, -0.05) is 41.1 Å². The van der Waals surface area contributed by atoms with Crippen LogP contribution in [0.2, 0.25) is 0 Å². The van der Waals surface area contributed by atoms with Crippen LogP contribution in [0.5, 0.6) is 5.75 Å². The maximum atomic E-state index is 13.1. The summed E-state index contributed by atoms with van der Waals surface area (Å²) in [6.45, 7) is 3.01. The van der Waals surface area contributed by atoms with Crippen LogP contribution < -0.4 is 10.1 Å². The van der Waals surface area contributed by atoms with Crippen LogP contribution in [0.4, 0.5) is 4.39 Å². The maximum absolute atomic E-state index is 13.1. The smallest absolute Gasteiger partial charge is 0.123 e. The highest BCUT2D eigenvalue weighted by Crippen LogP contribution is 2.31. The molecule has 0 aliphatic heterocycles. The molecule has 112 valence electrons. The molecule has 0 heterocycles. The summed E-state index contributed by atoms with van der Waals surface area (Å²) in [5.41, 5.74) is 2.14. The van der Waals surface area contributed by atoms with Crippen molar-refractivity contribution < 1.29 is 9.13 Å². The standard InChI is InChI=1S/C17H19BrFNO/c1-3-10-20-17(12-4-6-13(19)7-5-12)15-9-8-14(21-2)11-16(15)18/h4-9,11,17,20H,3,10H2,1-2H3. The van der Waals surface area contributed by atoms with Crippen LogP contribution in [0.15, 0.2) is 46.9 Å². The predicted molar refractivity (Wildman–Crippen MR) is 87.2 cm³/mol. The molecule has 0 radical (unpaired) electrons. The number of hydrogen-bond donors (Lipinski definition) is 1. The molecule has 1 unspecified atom stereocenters. The van der Waals surface area contributed by atoms with E-state index in [1.165, 1.54) is 12.1 Å². The third-order valence-electron chi connectivity index (χ3n) is 3.32. The first-order valence-electron chi connectivity index (χ1n) is 6.98. The summed E-state index contributed by atoms with van der Waals surface area (Å²) in [4.78, 5) is 0. The van der Waals surface area contributed by atoms with Crippen LogP contribution in [0, 0.1) is 5.82 Å². The van der Waals surface area contributed by atoms with Gasteiger partial charge in [-0.15, -0.1) is 0 Å². The van der Waals surface area contributed by atoms with E-state index in [1.807, 2.05) is 30.3 Å². The lowest BCUT2D eigenvalue weighted by Gasteiger charge is -2.21. The maximum Gasteiger partial charge on any atom is 0.123 e. The third kappa shape index (κ3) is 4.05. The lowest BCUT2D eigenvalue weighted by molar-refractivity contribution is 0.414. The number of halogens is 2. The number of hydrogen-bond acceptors (Lipinski definition) is 2. The Hall–Kier alpha value is -1.39.